The van der Waals surface area contributed by atoms with Crippen molar-refractivity contribution >= 4 is 46.0 Å². The molecule has 1 aliphatic rings. The number of nitrogens with one attached hydrogen (secondary N) is 1. The molecule has 0 unspecified atom stereocenters. The molecule has 1 saturated carbocycles. The highest BCUT2D eigenvalue weighted by Crippen LogP contribution is 2.28. The van der Waals surface area contributed by atoms with Gasteiger partial charge >= 0.3 is 0 Å². The molecule has 11 heteroatoms. The first-order valence-corrected chi connectivity index (χ1v) is 11.8. The summed E-state index contributed by atoms with van der Waals surface area (Å²) in [4.78, 5) is 50.7. The second kappa shape index (κ2) is 10.4. The molecule has 3 N–H and O–H groups in total. The molecule has 188 valence electrons. The number of primary amides is 1. The maximum absolute atomic E-state index is 14.1. The highest BCUT2D eigenvalue weighted by atomic mass is 35.5. The Morgan fingerprint density at radius 3 is 2.64 bits per heavy atom. The Hall–Kier alpha value is -3.79. The highest BCUT2D eigenvalue weighted by molar-refractivity contribution is 6.30. The minimum Gasteiger partial charge on any atom is -0.369 e. The predicted molar refractivity (Wildman–Crippen MR) is 131 cm³/mol. The normalized spacial score (nSPS) is 13.0. The van der Waals surface area contributed by atoms with Crippen molar-refractivity contribution in [1.82, 2.24) is 20.0 Å². The van der Waals surface area contributed by atoms with E-state index in [-0.39, 0.29) is 60.1 Å². The molecule has 1 fully saturated rings. The van der Waals surface area contributed by atoms with Gasteiger partial charge in [-0.1, -0.05) is 29.8 Å². The first-order valence-electron chi connectivity index (χ1n) is 11.4. The van der Waals surface area contributed by atoms with Gasteiger partial charge in [0.05, 0.1) is 23.5 Å². The van der Waals surface area contributed by atoms with Crippen LogP contribution in [-0.2, 0) is 33.9 Å². The van der Waals surface area contributed by atoms with Gasteiger partial charge in [-0.2, -0.15) is 5.10 Å². The van der Waals surface area contributed by atoms with Gasteiger partial charge in [-0.25, -0.2) is 4.39 Å². The summed E-state index contributed by atoms with van der Waals surface area (Å²) in [5, 5.41) is 7.45. The van der Waals surface area contributed by atoms with Gasteiger partial charge in [0.15, 0.2) is 5.78 Å². The number of carbonyl (C=O) groups is 4. The number of nitrogens with two attached hydrogens (primary N) is 1. The van der Waals surface area contributed by atoms with Crippen LogP contribution in [0.25, 0.3) is 10.9 Å². The van der Waals surface area contributed by atoms with Gasteiger partial charge in [-0.05, 0) is 36.6 Å². The molecule has 0 atom stereocenters. The second-order valence-electron chi connectivity index (χ2n) is 8.80. The molecule has 1 aromatic heterocycles. The maximum Gasteiger partial charge on any atom is 0.245 e. The van der Waals surface area contributed by atoms with Crippen LogP contribution in [0.4, 0.5) is 4.39 Å². The van der Waals surface area contributed by atoms with Gasteiger partial charge in [0.25, 0.3) is 0 Å². The number of fused-ring (bicyclic) bond motifs is 1. The zero-order valence-electron chi connectivity index (χ0n) is 19.6. The van der Waals surface area contributed by atoms with E-state index in [1.807, 2.05) is 0 Å². The Morgan fingerprint density at radius 2 is 1.97 bits per heavy atom. The average Bonchev–Trinajstić information content (AvgIpc) is 3.60. The van der Waals surface area contributed by atoms with E-state index >= 15 is 0 Å². The van der Waals surface area contributed by atoms with Crippen molar-refractivity contribution in [2.24, 2.45) is 5.73 Å². The third-order valence-electron chi connectivity index (χ3n) is 5.94. The minimum atomic E-state index is -0.597. The molecule has 3 amide bonds. The predicted octanol–water partition coefficient (Wildman–Crippen LogP) is 2.37. The summed E-state index contributed by atoms with van der Waals surface area (Å²) in [6.07, 6.45) is 1.56. The lowest BCUT2D eigenvalue weighted by Gasteiger charge is -2.22. The largest absolute Gasteiger partial charge is 0.369 e. The molecular formula is C25H25ClFN5O4. The molecule has 0 saturated heterocycles. The third kappa shape index (κ3) is 5.71. The van der Waals surface area contributed by atoms with Crippen LogP contribution in [0.2, 0.25) is 5.02 Å². The fourth-order valence-corrected chi connectivity index (χ4v) is 4.23. The zero-order valence-corrected chi connectivity index (χ0v) is 20.3. The number of nitrogens with zero attached hydrogens (tertiary/aromatic N) is 3. The summed E-state index contributed by atoms with van der Waals surface area (Å²) in [6.45, 7) is 0.953. The van der Waals surface area contributed by atoms with E-state index in [2.05, 4.69) is 10.4 Å². The number of rotatable bonds is 10. The monoisotopic (exact) mass is 513 g/mol. The molecule has 0 radical (unpaired) electrons. The van der Waals surface area contributed by atoms with Gasteiger partial charge in [0, 0.05) is 30.5 Å². The molecule has 1 aliphatic carbocycles. The van der Waals surface area contributed by atoms with Crippen molar-refractivity contribution in [2.45, 2.75) is 45.3 Å². The van der Waals surface area contributed by atoms with Crippen molar-refractivity contribution in [3.05, 3.63) is 64.1 Å². The van der Waals surface area contributed by atoms with Crippen LogP contribution in [0, 0.1) is 5.82 Å². The second-order valence-corrected chi connectivity index (χ2v) is 9.21. The van der Waals surface area contributed by atoms with Crippen LogP contribution < -0.4 is 11.1 Å². The van der Waals surface area contributed by atoms with E-state index in [9.17, 15) is 23.6 Å². The van der Waals surface area contributed by atoms with Gasteiger partial charge < -0.3 is 16.0 Å². The van der Waals surface area contributed by atoms with Gasteiger partial charge in [0.1, 0.15) is 18.1 Å². The highest BCUT2D eigenvalue weighted by Gasteiger charge is 2.34. The number of amides is 3. The van der Waals surface area contributed by atoms with Crippen molar-refractivity contribution < 1.29 is 23.6 Å². The van der Waals surface area contributed by atoms with Gasteiger partial charge in [0.2, 0.25) is 17.7 Å². The molecule has 0 bridgehead atoms. The fraction of sp³-hybridized carbons (Fsp3) is 0.320. The molecule has 0 spiro atoms. The van der Waals surface area contributed by atoms with Crippen LogP contribution in [0.3, 0.4) is 0 Å². The standard InChI is InChI=1S/C25H25ClFN5O4/c1-14(33)25-18-9-15(10-21(28)34)5-8-20(18)32(30-25)13-23(36)31(17-6-7-17)12-22(35)29-11-16-3-2-4-19(26)24(16)27/h2-5,8-9,17H,6-7,10-13H2,1H3,(H2,28,34)(H,29,35). The lowest BCUT2D eigenvalue weighted by Crippen LogP contribution is -2.43. The third-order valence-corrected chi connectivity index (χ3v) is 6.23. The number of aromatic nitrogens is 2. The minimum absolute atomic E-state index is 0.0149. The van der Waals surface area contributed by atoms with E-state index in [1.165, 1.54) is 28.6 Å². The number of Topliss-reactive ketones (excluding diaryl/α,β-unsaturated/α-hetero) is 1. The van der Waals surface area contributed by atoms with E-state index in [4.69, 9.17) is 17.3 Å². The van der Waals surface area contributed by atoms with Crippen LogP contribution in [-0.4, -0.2) is 50.8 Å². The number of hydrogen-bond donors (Lipinski definition) is 2. The summed E-state index contributed by atoms with van der Waals surface area (Å²) in [6, 6.07) is 9.52. The average molecular weight is 514 g/mol. The molecule has 0 aliphatic heterocycles. The molecule has 3 aromatic rings. The lowest BCUT2D eigenvalue weighted by atomic mass is 10.1. The summed E-state index contributed by atoms with van der Waals surface area (Å²) in [5.74, 6) is -2.14. The lowest BCUT2D eigenvalue weighted by molar-refractivity contribution is -0.137. The Balaban J connectivity index is 1.49. The summed E-state index contributed by atoms with van der Waals surface area (Å²) in [7, 11) is 0. The zero-order chi connectivity index (χ0) is 26.0. The number of carbonyl (C=O) groups excluding carboxylic acids is 4. The van der Waals surface area contributed by atoms with Crippen molar-refractivity contribution in [2.75, 3.05) is 6.54 Å². The number of ketones is 1. The van der Waals surface area contributed by atoms with Crippen molar-refractivity contribution in [3.8, 4) is 0 Å². The fourth-order valence-electron chi connectivity index (χ4n) is 4.03. The molecular weight excluding hydrogens is 489 g/mol. The van der Waals surface area contributed by atoms with Crippen LogP contribution in [0.15, 0.2) is 36.4 Å². The van der Waals surface area contributed by atoms with Gasteiger partial charge in [-0.15, -0.1) is 0 Å². The van der Waals surface area contributed by atoms with Gasteiger partial charge in [-0.3, -0.25) is 23.9 Å². The smallest absolute Gasteiger partial charge is 0.245 e. The van der Waals surface area contributed by atoms with E-state index < -0.39 is 17.6 Å². The van der Waals surface area contributed by atoms with Crippen LogP contribution in [0.1, 0.15) is 41.4 Å². The molecule has 4 rings (SSSR count). The molecule has 36 heavy (non-hydrogen) atoms. The molecule has 1 heterocycles. The maximum atomic E-state index is 14.1. The van der Waals surface area contributed by atoms with E-state index in [0.29, 0.717) is 16.5 Å². The topological polar surface area (TPSA) is 127 Å². The number of benzene rings is 2. The van der Waals surface area contributed by atoms with Crippen molar-refractivity contribution in [3.63, 3.8) is 0 Å². The summed E-state index contributed by atoms with van der Waals surface area (Å²) >= 11 is 5.78. The Morgan fingerprint density at radius 1 is 1.22 bits per heavy atom. The number of hydrogen-bond acceptors (Lipinski definition) is 5. The first kappa shape index (κ1) is 25.3. The van der Waals surface area contributed by atoms with Crippen LogP contribution >= 0.6 is 11.6 Å². The quantitative estimate of drug-likeness (QED) is 0.402. The number of halogens is 2. The van der Waals surface area contributed by atoms with Crippen LogP contribution in [0.5, 0.6) is 0 Å². The van der Waals surface area contributed by atoms with E-state index in [0.717, 1.165) is 12.8 Å². The Kier molecular flexibility index (Phi) is 7.35. The molecule has 9 nitrogen and oxygen atoms in total. The summed E-state index contributed by atoms with van der Waals surface area (Å²) < 4.78 is 15.5. The van der Waals surface area contributed by atoms with E-state index in [1.54, 1.807) is 24.3 Å². The molecule has 2 aromatic carbocycles. The Bertz CT molecular complexity index is 1370. The SMILES string of the molecule is CC(=O)c1nn(CC(=O)N(CC(=O)NCc2cccc(Cl)c2F)C2CC2)c2ccc(CC(N)=O)cc12. The van der Waals surface area contributed by atoms with Crippen molar-refractivity contribution in [1.29, 1.82) is 0 Å². The first-order chi connectivity index (χ1) is 17.1. The Labute approximate surface area is 211 Å². The summed E-state index contributed by atoms with van der Waals surface area (Å²) in [5.41, 5.74) is 6.90.